The zero-order chi connectivity index (χ0) is 22.1. The van der Waals surface area contributed by atoms with Gasteiger partial charge in [-0.2, -0.15) is 0 Å². The van der Waals surface area contributed by atoms with Gasteiger partial charge in [0.25, 0.3) is 0 Å². The smallest absolute Gasteiger partial charge is 0.236 e. The first kappa shape index (κ1) is 18.3. The Morgan fingerprint density at radius 3 is 1.79 bits per heavy atom. The third-order valence-corrected chi connectivity index (χ3v) is 7.24. The summed E-state index contributed by atoms with van der Waals surface area (Å²) in [4.78, 5) is 22.9. The summed E-state index contributed by atoms with van der Waals surface area (Å²) < 4.78 is 0. The van der Waals surface area contributed by atoms with Crippen LogP contribution in [0.3, 0.4) is 0 Å². The van der Waals surface area contributed by atoms with Crippen molar-refractivity contribution in [3.8, 4) is 0 Å². The quantitative estimate of drug-likeness (QED) is 0.235. The van der Waals surface area contributed by atoms with Crippen molar-refractivity contribution in [3.63, 3.8) is 0 Å². The fourth-order valence-electron chi connectivity index (χ4n) is 5.92. The van der Waals surface area contributed by atoms with Crippen molar-refractivity contribution in [2.24, 2.45) is 0 Å². The van der Waals surface area contributed by atoms with E-state index in [9.17, 15) is 10.1 Å². The van der Waals surface area contributed by atoms with Crippen LogP contribution >= 0.6 is 0 Å². The number of nitrogens with one attached hydrogen (secondary N) is 3. The van der Waals surface area contributed by atoms with E-state index in [0.29, 0.717) is 0 Å². The van der Waals surface area contributed by atoms with Gasteiger partial charge in [0.05, 0.1) is 11.8 Å². The minimum absolute atomic E-state index is 0.0819. The summed E-state index contributed by atoms with van der Waals surface area (Å²) in [6.45, 7) is 0. The Balaban J connectivity index is 1.57. The lowest BCUT2D eigenvalue weighted by Crippen LogP contribution is -2.29. The molecule has 3 atom stereocenters. The lowest BCUT2D eigenvalue weighted by Gasteiger charge is -2.19. The van der Waals surface area contributed by atoms with E-state index in [2.05, 4.69) is 21.0 Å². The molecule has 0 radical (unpaired) electrons. The SMILES string of the molecule is O=[N+]([O-])C1[C@H](c2c[nH]c3ccccc23)c2c([nH]c3ccccc23)[C@H]1c1c[nH]c2ccccc12. The topological polar surface area (TPSA) is 90.5 Å². The molecule has 0 bridgehead atoms. The van der Waals surface area contributed by atoms with E-state index in [-0.39, 0.29) is 10.8 Å². The van der Waals surface area contributed by atoms with Crippen LogP contribution in [0.4, 0.5) is 0 Å². The number of rotatable bonds is 3. The zero-order valence-electron chi connectivity index (χ0n) is 17.6. The minimum Gasteiger partial charge on any atom is -0.361 e. The van der Waals surface area contributed by atoms with Gasteiger partial charge in [0.15, 0.2) is 0 Å². The lowest BCUT2D eigenvalue weighted by atomic mass is 9.85. The first-order chi connectivity index (χ1) is 16.2. The van der Waals surface area contributed by atoms with Crippen LogP contribution in [-0.4, -0.2) is 25.9 Å². The van der Waals surface area contributed by atoms with Crippen LogP contribution < -0.4 is 0 Å². The number of H-pyrrole nitrogens is 3. The van der Waals surface area contributed by atoms with Crippen molar-refractivity contribution in [2.45, 2.75) is 17.9 Å². The molecule has 33 heavy (non-hydrogen) atoms. The number of fused-ring (bicyclic) bond motifs is 5. The molecule has 0 aliphatic heterocycles. The molecular formula is C27H20N4O2. The molecule has 6 aromatic rings. The van der Waals surface area contributed by atoms with Crippen LogP contribution in [0.25, 0.3) is 32.7 Å². The molecule has 3 N–H and O–H groups in total. The molecule has 0 saturated carbocycles. The minimum atomic E-state index is -0.825. The molecule has 0 saturated heterocycles. The number of aromatic nitrogens is 3. The van der Waals surface area contributed by atoms with E-state index >= 15 is 0 Å². The number of aromatic amines is 3. The third-order valence-electron chi connectivity index (χ3n) is 7.24. The predicted molar refractivity (Wildman–Crippen MR) is 129 cm³/mol. The summed E-state index contributed by atoms with van der Waals surface area (Å²) in [5.74, 6) is -0.766. The summed E-state index contributed by atoms with van der Waals surface area (Å²) >= 11 is 0. The molecule has 6 nitrogen and oxygen atoms in total. The number of benzene rings is 3. The normalized spacial score (nSPS) is 20.1. The van der Waals surface area contributed by atoms with Gasteiger partial charge >= 0.3 is 0 Å². The van der Waals surface area contributed by atoms with Crippen LogP contribution in [0.5, 0.6) is 0 Å². The summed E-state index contributed by atoms with van der Waals surface area (Å²) in [6.07, 6.45) is 3.90. The summed E-state index contributed by atoms with van der Waals surface area (Å²) in [6, 6.07) is 23.3. The first-order valence-corrected chi connectivity index (χ1v) is 11.1. The Labute approximate surface area is 188 Å². The second-order valence-corrected chi connectivity index (χ2v) is 8.81. The van der Waals surface area contributed by atoms with Gasteiger partial charge in [0.1, 0.15) is 0 Å². The fourth-order valence-corrected chi connectivity index (χ4v) is 5.92. The van der Waals surface area contributed by atoms with Crippen molar-refractivity contribution < 1.29 is 4.92 Å². The van der Waals surface area contributed by atoms with Crippen LogP contribution in [0, 0.1) is 10.1 Å². The molecule has 0 fully saturated rings. The molecule has 3 aromatic carbocycles. The van der Waals surface area contributed by atoms with Gasteiger partial charge in [-0.1, -0.05) is 54.6 Å². The molecule has 0 amide bonds. The highest BCUT2D eigenvalue weighted by atomic mass is 16.6. The standard InChI is InChI=1S/C27H20N4O2/c32-31(33)27-24(18-13-28-20-10-4-1-7-15(18)20)23-17-9-3-6-12-22(17)30-26(23)25(27)19-14-29-21-11-5-2-8-16(19)21/h1-14,24-25,27-30H/t24-,25-,27?/m1/s1. The predicted octanol–water partition coefficient (Wildman–Crippen LogP) is 6.05. The van der Waals surface area contributed by atoms with E-state index in [0.717, 1.165) is 55.1 Å². The number of hydrogen-bond acceptors (Lipinski definition) is 2. The van der Waals surface area contributed by atoms with Crippen molar-refractivity contribution >= 4 is 32.7 Å². The molecule has 3 heterocycles. The van der Waals surface area contributed by atoms with E-state index in [1.165, 1.54) is 0 Å². The molecule has 1 unspecified atom stereocenters. The van der Waals surface area contributed by atoms with E-state index in [4.69, 9.17) is 0 Å². The highest BCUT2D eigenvalue weighted by Gasteiger charge is 2.53. The van der Waals surface area contributed by atoms with Crippen molar-refractivity contribution in [1.82, 2.24) is 15.0 Å². The molecule has 160 valence electrons. The van der Waals surface area contributed by atoms with Gasteiger partial charge in [0, 0.05) is 55.7 Å². The van der Waals surface area contributed by atoms with Gasteiger partial charge in [-0.3, -0.25) is 10.1 Å². The molecule has 7 rings (SSSR count). The number of para-hydroxylation sites is 3. The van der Waals surface area contributed by atoms with Crippen LogP contribution in [0.15, 0.2) is 85.2 Å². The van der Waals surface area contributed by atoms with Crippen molar-refractivity contribution in [3.05, 3.63) is 118 Å². The first-order valence-electron chi connectivity index (χ1n) is 11.1. The van der Waals surface area contributed by atoms with Gasteiger partial charge in [-0.05, 0) is 34.9 Å². The highest BCUT2D eigenvalue weighted by Crippen LogP contribution is 2.54. The molecular weight excluding hydrogens is 412 g/mol. The molecule has 3 aromatic heterocycles. The molecule has 1 aliphatic rings. The average Bonchev–Trinajstić information content (AvgIpc) is 3.59. The third kappa shape index (κ3) is 2.43. The molecule has 6 heteroatoms. The number of hydrogen-bond donors (Lipinski definition) is 3. The van der Waals surface area contributed by atoms with E-state index < -0.39 is 12.0 Å². The second-order valence-electron chi connectivity index (χ2n) is 8.81. The van der Waals surface area contributed by atoms with Crippen LogP contribution in [0.1, 0.15) is 34.2 Å². The lowest BCUT2D eigenvalue weighted by molar-refractivity contribution is -0.525. The van der Waals surface area contributed by atoms with E-state index in [1.807, 2.05) is 79.1 Å². The highest BCUT2D eigenvalue weighted by molar-refractivity contribution is 5.92. The Morgan fingerprint density at radius 1 is 0.667 bits per heavy atom. The second kappa shape index (κ2) is 6.59. The van der Waals surface area contributed by atoms with Crippen molar-refractivity contribution in [2.75, 3.05) is 0 Å². The maximum atomic E-state index is 12.8. The van der Waals surface area contributed by atoms with E-state index in [1.54, 1.807) is 0 Å². The zero-order valence-corrected chi connectivity index (χ0v) is 17.6. The number of nitro groups is 1. The Morgan fingerprint density at radius 2 is 1.18 bits per heavy atom. The van der Waals surface area contributed by atoms with Crippen molar-refractivity contribution in [1.29, 1.82) is 0 Å². The van der Waals surface area contributed by atoms with Gasteiger partial charge in [-0.25, -0.2) is 0 Å². The summed E-state index contributed by atoms with van der Waals surface area (Å²) in [5, 5.41) is 15.9. The number of nitrogens with zero attached hydrogens (tertiary/aromatic N) is 1. The van der Waals surface area contributed by atoms with Gasteiger partial charge < -0.3 is 15.0 Å². The van der Waals surface area contributed by atoms with Gasteiger partial charge in [0.2, 0.25) is 6.04 Å². The molecule has 1 aliphatic carbocycles. The Hall–Kier alpha value is -4.32. The van der Waals surface area contributed by atoms with Crippen LogP contribution in [0.2, 0.25) is 0 Å². The Bertz CT molecular complexity index is 1690. The maximum absolute atomic E-state index is 12.8. The summed E-state index contributed by atoms with van der Waals surface area (Å²) in [5.41, 5.74) is 6.90. The monoisotopic (exact) mass is 432 g/mol. The Kier molecular flexibility index (Phi) is 3.65. The van der Waals surface area contributed by atoms with Gasteiger partial charge in [-0.15, -0.1) is 0 Å². The average molecular weight is 432 g/mol. The maximum Gasteiger partial charge on any atom is 0.236 e. The molecule has 0 spiro atoms. The fraction of sp³-hybridized carbons (Fsp3) is 0.111. The van der Waals surface area contributed by atoms with Crippen LogP contribution in [-0.2, 0) is 0 Å². The summed E-state index contributed by atoms with van der Waals surface area (Å²) in [7, 11) is 0. The largest absolute Gasteiger partial charge is 0.361 e.